The highest BCUT2D eigenvalue weighted by molar-refractivity contribution is 5.76. The number of amides is 1. The third kappa shape index (κ3) is 5.50. The molecule has 2 N–H and O–H groups in total. The lowest BCUT2D eigenvalue weighted by molar-refractivity contribution is -0.121. The fraction of sp³-hybridized carbons (Fsp3) is 0.923. The maximum atomic E-state index is 11.4. The van der Waals surface area contributed by atoms with Gasteiger partial charge in [0.15, 0.2) is 0 Å². The summed E-state index contributed by atoms with van der Waals surface area (Å²) in [5.41, 5.74) is 0. The monoisotopic (exact) mass is 242 g/mol. The van der Waals surface area contributed by atoms with Crippen molar-refractivity contribution in [3.8, 4) is 0 Å². The number of carbonyl (C=O) groups excluding carboxylic acids is 1. The first-order valence-corrected chi connectivity index (χ1v) is 6.75. The van der Waals surface area contributed by atoms with Crippen LogP contribution in [0.1, 0.15) is 40.0 Å². The number of carbonyl (C=O) groups is 1. The summed E-state index contributed by atoms with van der Waals surface area (Å²) >= 11 is 0. The van der Waals surface area contributed by atoms with E-state index in [1.54, 1.807) is 0 Å². The Morgan fingerprint density at radius 2 is 2.24 bits per heavy atom. The van der Waals surface area contributed by atoms with Gasteiger partial charge in [-0.15, -0.1) is 0 Å². The molecule has 1 aliphatic rings. The molecule has 1 rings (SSSR count). The van der Waals surface area contributed by atoms with Crippen LogP contribution in [0.15, 0.2) is 0 Å². The predicted molar refractivity (Wildman–Crippen MR) is 68.9 cm³/mol. The average molecular weight is 242 g/mol. The van der Waals surface area contributed by atoms with Crippen LogP contribution < -0.4 is 10.6 Å². The molecule has 2 unspecified atom stereocenters. The van der Waals surface area contributed by atoms with Gasteiger partial charge in [-0.2, -0.15) is 0 Å². The van der Waals surface area contributed by atoms with Crippen LogP contribution in [0.5, 0.6) is 0 Å². The van der Waals surface area contributed by atoms with Crippen LogP contribution >= 0.6 is 0 Å². The first-order chi connectivity index (χ1) is 8.13. The lowest BCUT2D eigenvalue weighted by Crippen LogP contribution is -2.34. The number of ether oxygens (including phenoxy) is 1. The van der Waals surface area contributed by atoms with Gasteiger partial charge in [0.2, 0.25) is 5.91 Å². The molecule has 0 radical (unpaired) electrons. The van der Waals surface area contributed by atoms with Gasteiger partial charge >= 0.3 is 0 Å². The zero-order valence-corrected chi connectivity index (χ0v) is 11.3. The molecule has 0 spiro atoms. The Bertz CT molecular complexity index is 231. The normalized spacial score (nSPS) is 24.2. The van der Waals surface area contributed by atoms with E-state index in [-0.39, 0.29) is 11.9 Å². The molecule has 1 fully saturated rings. The maximum Gasteiger partial charge on any atom is 0.221 e. The van der Waals surface area contributed by atoms with E-state index < -0.39 is 0 Å². The molecule has 2 atom stereocenters. The van der Waals surface area contributed by atoms with Gasteiger partial charge in [0.1, 0.15) is 0 Å². The van der Waals surface area contributed by atoms with Gasteiger partial charge in [-0.05, 0) is 32.6 Å². The van der Waals surface area contributed by atoms with Crippen molar-refractivity contribution in [2.45, 2.75) is 52.2 Å². The molecule has 0 aromatic carbocycles. The first-order valence-electron chi connectivity index (χ1n) is 6.75. The van der Waals surface area contributed by atoms with Crippen LogP contribution in [0.4, 0.5) is 0 Å². The quantitative estimate of drug-likeness (QED) is 0.662. The Morgan fingerprint density at radius 1 is 1.47 bits per heavy atom. The fourth-order valence-electron chi connectivity index (χ4n) is 2.26. The van der Waals surface area contributed by atoms with Crippen molar-refractivity contribution in [3.63, 3.8) is 0 Å². The molecule has 1 heterocycles. The standard InChI is InChI=1S/C13H26N2O2/c1-4-12-11(6-8-17-12)9-14-7-5-13(16)15-10(2)3/h10-12,14H,4-9H2,1-3H3,(H,15,16). The number of hydrogen-bond acceptors (Lipinski definition) is 3. The lowest BCUT2D eigenvalue weighted by atomic mass is 10.00. The van der Waals surface area contributed by atoms with E-state index in [4.69, 9.17) is 4.74 Å². The van der Waals surface area contributed by atoms with E-state index in [0.717, 1.165) is 32.5 Å². The molecule has 1 saturated heterocycles. The van der Waals surface area contributed by atoms with Crippen LogP contribution in [0.3, 0.4) is 0 Å². The summed E-state index contributed by atoms with van der Waals surface area (Å²) in [6, 6.07) is 0.232. The Morgan fingerprint density at radius 3 is 2.88 bits per heavy atom. The second-order valence-corrected chi connectivity index (χ2v) is 5.04. The van der Waals surface area contributed by atoms with Crippen molar-refractivity contribution in [3.05, 3.63) is 0 Å². The minimum Gasteiger partial charge on any atom is -0.378 e. The lowest BCUT2D eigenvalue weighted by Gasteiger charge is -2.17. The predicted octanol–water partition coefficient (Wildman–Crippen LogP) is 1.31. The van der Waals surface area contributed by atoms with E-state index in [1.807, 2.05) is 13.8 Å². The average Bonchev–Trinajstić information content (AvgIpc) is 2.70. The van der Waals surface area contributed by atoms with E-state index in [9.17, 15) is 4.79 Å². The summed E-state index contributed by atoms with van der Waals surface area (Å²) < 4.78 is 5.63. The van der Waals surface area contributed by atoms with E-state index in [2.05, 4.69) is 17.6 Å². The van der Waals surface area contributed by atoms with Gasteiger partial charge in [0.05, 0.1) is 6.10 Å². The third-order valence-electron chi connectivity index (χ3n) is 3.13. The molecule has 0 aromatic heterocycles. The van der Waals surface area contributed by atoms with Crippen LogP contribution in [0, 0.1) is 5.92 Å². The molecular formula is C13H26N2O2. The topological polar surface area (TPSA) is 50.4 Å². The summed E-state index contributed by atoms with van der Waals surface area (Å²) in [5, 5.41) is 6.24. The largest absolute Gasteiger partial charge is 0.378 e. The first kappa shape index (κ1) is 14.5. The molecule has 1 amide bonds. The summed E-state index contributed by atoms with van der Waals surface area (Å²) in [4.78, 5) is 11.4. The molecule has 0 saturated carbocycles. The van der Waals surface area contributed by atoms with Crippen LogP contribution in [0.25, 0.3) is 0 Å². The minimum atomic E-state index is 0.127. The van der Waals surface area contributed by atoms with Crippen LogP contribution in [0.2, 0.25) is 0 Å². The van der Waals surface area contributed by atoms with Crippen molar-refractivity contribution < 1.29 is 9.53 Å². The van der Waals surface area contributed by atoms with Gasteiger partial charge in [0, 0.05) is 32.2 Å². The molecular weight excluding hydrogens is 216 g/mol. The highest BCUT2D eigenvalue weighted by Crippen LogP contribution is 2.22. The van der Waals surface area contributed by atoms with Gasteiger partial charge < -0.3 is 15.4 Å². The van der Waals surface area contributed by atoms with E-state index in [1.165, 1.54) is 0 Å². The molecule has 0 aliphatic carbocycles. The summed E-state index contributed by atoms with van der Waals surface area (Å²) in [7, 11) is 0. The maximum absolute atomic E-state index is 11.4. The number of hydrogen-bond donors (Lipinski definition) is 2. The highest BCUT2D eigenvalue weighted by atomic mass is 16.5. The van der Waals surface area contributed by atoms with Crippen molar-refractivity contribution >= 4 is 5.91 Å². The van der Waals surface area contributed by atoms with Crippen molar-refractivity contribution in [1.29, 1.82) is 0 Å². The van der Waals surface area contributed by atoms with Gasteiger partial charge in [-0.1, -0.05) is 6.92 Å². The Labute approximate surface area is 104 Å². The number of nitrogens with one attached hydrogen (secondary N) is 2. The van der Waals surface area contributed by atoms with E-state index >= 15 is 0 Å². The summed E-state index contributed by atoms with van der Waals surface area (Å²) in [5.74, 6) is 0.746. The summed E-state index contributed by atoms with van der Waals surface area (Å²) in [6.45, 7) is 8.73. The van der Waals surface area contributed by atoms with Gasteiger partial charge in [-0.25, -0.2) is 0 Å². The molecule has 1 aliphatic heterocycles. The molecule has 4 heteroatoms. The van der Waals surface area contributed by atoms with Crippen molar-refractivity contribution in [1.82, 2.24) is 10.6 Å². The molecule has 0 bridgehead atoms. The number of rotatable bonds is 7. The second-order valence-electron chi connectivity index (χ2n) is 5.04. The SMILES string of the molecule is CCC1OCCC1CNCCC(=O)NC(C)C. The van der Waals surface area contributed by atoms with Crippen molar-refractivity contribution in [2.24, 2.45) is 5.92 Å². The fourth-order valence-corrected chi connectivity index (χ4v) is 2.26. The highest BCUT2D eigenvalue weighted by Gasteiger charge is 2.25. The second kappa shape index (κ2) is 7.67. The van der Waals surface area contributed by atoms with E-state index in [0.29, 0.717) is 18.4 Å². The van der Waals surface area contributed by atoms with Crippen LogP contribution in [-0.2, 0) is 9.53 Å². The minimum absolute atomic E-state index is 0.127. The van der Waals surface area contributed by atoms with Crippen molar-refractivity contribution in [2.75, 3.05) is 19.7 Å². The molecule has 100 valence electrons. The smallest absolute Gasteiger partial charge is 0.221 e. The van der Waals surface area contributed by atoms with Gasteiger partial charge in [-0.3, -0.25) is 4.79 Å². The Kier molecular flexibility index (Phi) is 6.52. The zero-order chi connectivity index (χ0) is 12.7. The third-order valence-corrected chi connectivity index (χ3v) is 3.13. The molecule has 0 aromatic rings. The zero-order valence-electron chi connectivity index (χ0n) is 11.3. The Balaban J connectivity index is 2.05. The van der Waals surface area contributed by atoms with Crippen LogP contribution in [-0.4, -0.2) is 37.7 Å². The van der Waals surface area contributed by atoms with Gasteiger partial charge in [0.25, 0.3) is 0 Å². The summed E-state index contributed by atoms with van der Waals surface area (Å²) in [6.07, 6.45) is 3.19. The molecule has 17 heavy (non-hydrogen) atoms. The molecule has 4 nitrogen and oxygen atoms in total. The Hall–Kier alpha value is -0.610.